The second-order valence-electron chi connectivity index (χ2n) is 7.25. The lowest BCUT2D eigenvalue weighted by Gasteiger charge is -2.30. The lowest BCUT2D eigenvalue weighted by Crippen LogP contribution is -2.35. The molecule has 1 unspecified atom stereocenters. The third kappa shape index (κ3) is 4.67. The number of hydrogen-bond acceptors (Lipinski definition) is 6. The van der Waals surface area contributed by atoms with Crippen LogP contribution in [0.3, 0.4) is 0 Å². The van der Waals surface area contributed by atoms with Crippen LogP contribution in [0.25, 0.3) is 11.4 Å². The van der Waals surface area contributed by atoms with Crippen LogP contribution in [0.15, 0.2) is 45.6 Å². The van der Waals surface area contributed by atoms with Crippen LogP contribution in [-0.4, -0.2) is 34.6 Å². The van der Waals surface area contributed by atoms with Crippen molar-refractivity contribution in [3.8, 4) is 17.1 Å². The SMILES string of the molecule is COc1ccc(C2CCCCCN2C(=O)CCc2nc(-c3ccsc3)no2)cc1. The Labute approximate surface area is 174 Å². The van der Waals surface area contributed by atoms with Gasteiger partial charge in [-0.15, -0.1) is 0 Å². The summed E-state index contributed by atoms with van der Waals surface area (Å²) in [4.78, 5) is 19.5. The summed E-state index contributed by atoms with van der Waals surface area (Å²) < 4.78 is 10.6. The van der Waals surface area contributed by atoms with Crippen molar-refractivity contribution >= 4 is 17.2 Å². The molecule has 7 heteroatoms. The highest BCUT2D eigenvalue weighted by molar-refractivity contribution is 7.08. The highest BCUT2D eigenvalue weighted by Gasteiger charge is 2.27. The molecule has 1 aliphatic rings. The molecule has 0 N–H and O–H groups in total. The Morgan fingerprint density at radius 2 is 2.10 bits per heavy atom. The highest BCUT2D eigenvalue weighted by atomic mass is 32.1. The molecule has 1 aromatic carbocycles. The van der Waals surface area contributed by atoms with Crippen LogP contribution in [0.2, 0.25) is 0 Å². The topological polar surface area (TPSA) is 68.5 Å². The van der Waals surface area contributed by atoms with Gasteiger partial charge in [-0.05, 0) is 42.0 Å². The van der Waals surface area contributed by atoms with E-state index >= 15 is 0 Å². The molecule has 0 spiro atoms. The number of methoxy groups -OCH3 is 1. The molecule has 4 rings (SSSR count). The first-order chi connectivity index (χ1) is 14.2. The summed E-state index contributed by atoms with van der Waals surface area (Å²) >= 11 is 1.59. The summed E-state index contributed by atoms with van der Waals surface area (Å²) in [5, 5.41) is 7.99. The maximum Gasteiger partial charge on any atom is 0.227 e. The number of rotatable bonds is 6. The van der Waals surface area contributed by atoms with Crippen LogP contribution >= 0.6 is 11.3 Å². The fourth-order valence-corrected chi connectivity index (χ4v) is 4.44. The number of thiophene rings is 1. The molecule has 0 bridgehead atoms. The van der Waals surface area contributed by atoms with Crippen molar-refractivity contribution in [2.75, 3.05) is 13.7 Å². The van der Waals surface area contributed by atoms with Gasteiger partial charge in [0.25, 0.3) is 0 Å². The van der Waals surface area contributed by atoms with E-state index in [1.54, 1.807) is 18.4 Å². The number of likely N-dealkylation sites (tertiary alicyclic amines) is 1. The average molecular weight is 412 g/mol. The standard InChI is InChI=1S/C22H25N3O3S/c1-27-18-8-6-16(7-9-18)19-5-3-2-4-13-25(19)21(26)11-10-20-23-22(24-28-20)17-12-14-29-15-17/h6-9,12,14-15,19H,2-5,10-11,13H2,1H3. The predicted octanol–water partition coefficient (Wildman–Crippen LogP) is 4.88. The number of nitrogens with zero attached hydrogens (tertiary/aromatic N) is 3. The van der Waals surface area contributed by atoms with Gasteiger partial charge >= 0.3 is 0 Å². The second-order valence-corrected chi connectivity index (χ2v) is 8.03. The van der Waals surface area contributed by atoms with Gasteiger partial charge < -0.3 is 14.2 Å². The summed E-state index contributed by atoms with van der Waals surface area (Å²) in [5.41, 5.74) is 2.11. The van der Waals surface area contributed by atoms with Crippen LogP contribution in [0.4, 0.5) is 0 Å². The Balaban J connectivity index is 1.43. The second kappa shape index (κ2) is 9.22. The van der Waals surface area contributed by atoms with Crippen LogP contribution in [0, 0.1) is 0 Å². The third-order valence-corrected chi connectivity index (χ3v) is 6.06. The lowest BCUT2D eigenvalue weighted by atomic mass is 10.00. The van der Waals surface area contributed by atoms with Crippen molar-refractivity contribution in [1.82, 2.24) is 15.0 Å². The molecule has 29 heavy (non-hydrogen) atoms. The molecule has 1 saturated heterocycles. The van der Waals surface area contributed by atoms with E-state index in [0.717, 1.165) is 43.5 Å². The van der Waals surface area contributed by atoms with E-state index in [0.29, 0.717) is 24.6 Å². The average Bonchev–Trinajstić information content (AvgIpc) is 3.39. The largest absolute Gasteiger partial charge is 0.497 e. The normalized spacial score (nSPS) is 17.1. The fraction of sp³-hybridized carbons (Fsp3) is 0.409. The first-order valence-corrected chi connectivity index (χ1v) is 11.0. The zero-order valence-electron chi connectivity index (χ0n) is 16.5. The van der Waals surface area contributed by atoms with Gasteiger partial charge in [0.15, 0.2) is 0 Å². The molecule has 1 amide bonds. The van der Waals surface area contributed by atoms with Gasteiger partial charge in [-0.2, -0.15) is 16.3 Å². The predicted molar refractivity (Wildman–Crippen MR) is 112 cm³/mol. The van der Waals surface area contributed by atoms with Crippen molar-refractivity contribution in [3.63, 3.8) is 0 Å². The minimum atomic E-state index is 0.111. The van der Waals surface area contributed by atoms with Gasteiger partial charge in [0.2, 0.25) is 17.6 Å². The maximum atomic E-state index is 13.1. The minimum absolute atomic E-state index is 0.111. The molecule has 3 aromatic rings. The molecular formula is C22H25N3O3S. The van der Waals surface area contributed by atoms with Crippen molar-refractivity contribution in [3.05, 3.63) is 52.5 Å². The molecule has 6 nitrogen and oxygen atoms in total. The number of carbonyl (C=O) groups excluding carboxylic acids is 1. The van der Waals surface area contributed by atoms with E-state index in [2.05, 4.69) is 22.3 Å². The van der Waals surface area contributed by atoms with Gasteiger partial charge in [-0.3, -0.25) is 4.79 Å². The summed E-state index contributed by atoms with van der Waals surface area (Å²) in [6, 6.07) is 10.1. The maximum absolute atomic E-state index is 13.1. The number of hydrogen-bond donors (Lipinski definition) is 0. The summed E-state index contributed by atoms with van der Waals surface area (Å²) in [6.07, 6.45) is 5.15. The number of ether oxygens (including phenoxy) is 1. The third-order valence-electron chi connectivity index (χ3n) is 5.37. The zero-order chi connectivity index (χ0) is 20.1. The fourth-order valence-electron chi connectivity index (χ4n) is 3.80. The number of aryl methyl sites for hydroxylation is 1. The monoisotopic (exact) mass is 411 g/mol. The Hall–Kier alpha value is -2.67. The quantitative estimate of drug-likeness (QED) is 0.578. The van der Waals surface area contributed by atoms with E-state index in [9.17, 15) is 4.79 Å². The number of aromatic nitrogens is 2. The van der Waals surface area contributed by atoms with Crippen molar-refractivity contribution in [2.24, 2.45) is 0 Å². The summed E-state index contributed by atoms with van der Waals surface area (Å²) in [6.45, 7) is 0.791. The zero-order valence-corrected chi connectivity index (χ0v) is 17.4. The van der Waals surface area contributed by atoms with Crippen LogP contribution in [0.1, 0.15) is 49.6 Å². The minimum Gasteiger partial charge on any atom is -0.497 e. The number of carbonyl (C=O) groups is 1. The molecule has 1 atom stereocenters. The van der Waals surface area contributed by atoms with Crippen molar-refractivity contribution in [1.29, 1.82) is 0 Å². The summed E-state index contributed by atoms with van der Waals surface area (Å²) in [7, 11) is 1.66. The molecule has 0 aliphatic carbocycles. The van der Waals surface area contributed by atoms with Crippen LogP contribution in [-0.2, 0) is 11.2 Å². The van der Waals surface area contributed by atoms with Gasteiger partial charge in [-0.25, -0.2) is 0 Å². The van der Waals surface area contributed by atoms with Crippen molar-refractivity contribution in [2.45, 2.75) is 44.6 Å². The summed E-state index contributed by atoms with van der Waals surface area (Å²) in [5.74, 6) is 2.07. The van der Waals surface area contributed by atoms with E-state index in [1.807, 2.05) is 33.9 Å². The molecule has 1 fully saturated rings. The first kappa shape index (κ1) is 19.6. The molecule has 0 saturated carbocycles. The Kier molecular flexibility index (Phi) is 6.24. The lowest BCUT2D eigenvalue weighted by molar-refractivity contribution is -0.133. The van der Waals surface area contributed by atoms with E-state index in [4.69, 9.17) is 9.26 Å². The van der Waals surface area contributed by atoms with Gasteiger partial charge in [0, 0.05) is 30.3 Å². The van der Waals surface area contributed by atoms with Crippen LogP contribution < -0.4 is 4.74 Å². The van der Waals surface area contributed by atoms with Crippen LogP contribution in [0.5, 0.6) is 5.75 Å². The van der Waals surface area contributed by atoms with Crippen molar-refractivity contribution < 1.29 is 14.1 Å². The number of amides is 1. The van der Waals surface area contributed by atoms with Gasteiger partial charge in [-0.1, -0.05) is 30.1 Å². The molecule has 0 radical (unpaired) electrons. The number of benzene rings is 1. The highest BCUT2D eigenvalue weighted by Crippen LogP contribution is 2.32. The Bertz CT molecular complexity index is 921. The molecule has 152 valence electrons. The molecule has 3 heterocycles. The van der Waals surface area contributed by atoms with Gasteiger partial charge in [0.05, 0.1) is 13.2 Å². The first-order valence-electron chi connectivity index (χ1n) is 10.0. The smallest absolute Gasteiger partial charge is 0.227 e. The van der Waals surface area contributed by atoms with Gasteiger partial charge in [0.1, 0.15) is 5.75 Å². The molecule has 2 aromatic heterocycles. The van der Waals surface area contributed by atoms with E-state index < -0.39 is 0 Å². The Morgan fingerprint density at radius 1 is 1.24 bits per heavy atom. The van der Waals surface area contributed by atoms with E-state index in [1.165, 1.54) is 5.56 Å². The molecule has 1 aliphatic heterocycles. The Morgan fingerprint density at radius 3 is 2.86 bits per heavy atom. The van der Waals surface area contributed by atoms with E-state index in [-0.39, 0.29) is 11.9 Å². The molecular weight excluding hydrogens is 386 g/mol.